The van der Waals surface area contributed by atoms with Gasteiger partial charge in [0.25, 0.3) is 0 Å². The molecule has 0 saturated heterocycles. The third kappa shape index (κ3) is 4.70. The second-order valence-electron chi connectivity index (χ2n) is 4.31. The van der Waals surface area contributed by atoms with Crippen LogP contribution in [0.1, 0.15) is 11.1 Å². The van der Waals surface area contributed by atoms with E-state index >= 15 is 0 Å². The van der Waals surface area contributed by atoms with Crippen molar-refractivity contribution in [3.05, 3.63) is 59.7 Å². The highest BCUT2D eigenvalue weighted by molar-refractivity contribution is 7.33. The number of nitrogen functional groups attached to an aromatic ring is 2. The van der Waals surface area contributed by atoms with Crippen molar-refractivity contribution < 1.29 is 13.6 Å². The molecule has 0 heterocycles. The van der Waals surface area contributed by atoms with Gasteiger partial charge in [0.1, 0.15) is 0 Å². The van der Waals surface area contributed by atoms with Gasteiger partial charge < -0.3 is 20.5 Å². The molecule has 4 N–H and O–H groups in total. The zero-order valence-electron chi connectivity index (χ0n) is 10.9. The highest BCUT2D eigenvalue weighted by atomic mass is 31.1. The first-order valence-electron chi connectivity index (χ1n) is 6.12. The largest absolute Gasteiger partial charge is 0.399 e. The Labute approximate surface area is 118 Å². The maximum Gasteiger partial charge on any atom is 0.319 e. The topological polar surface area (TPSA) is 87.6 Å². The maximum absolute atomic E-state index is 11.6. The van der Waals surface area contributed by atoms with Gasteiger partial charge in [-0.2, -0.15) is 0 Å². The van der Waals surface area contributed by atoms with Crippen molar-refractivity contribution in [2.45, 2.75) is 13.2 Å². The van der Waals surface area contributed by atoms with Gasteiger partial charge >= 0.3 is 8.25 Å². The Morgan fingerprint density at radius 3 is 1.45 bits per heavy atom. The van der Waals surface area contributed by atoms with Gasteiger partial charge in [0.05, 0.1) is 13.2 Å². The standard InChI is InChI=1S/C14H17N2O3P/c15-13-5-1-11(2-6-13)9-18-20(17)19-10-12-3-7-14(16)8-4-12/h1-8,20H,9-10,15-16H2. The summed E-state index contributed by atoms with van der Waals surface area (Å²) in [6.45, 7) is 0.472. The van der Waals surface area contributed by atoms with Crippen LogP contribution in [0, 0.1) is 0 Å². The summed E-state index contributed by atoms with van der Waals surface area (Å²) < 4.78 is 22.0. The van der Waals surface area contributed by atoms with Crippen molar-refractivity contribution in [1.29, 1.82) is 0 Å². The van der Waals surface area contributed by atoms with Crippen LogP contribution in [0.5, 0.6) is 0 Å². The second-order valence-corrected chi connectivity index (χ2v) is 5.39. The summed E-state index contributed by atoms with van der Waals surface area (Å²) in [6, 6.07) is 14.4. The van der Waals surface area contributed by atoms with E-state index in [0.717, 1.165) is 11.1 Å². The molecule has 2 aromatic rings. The molecule has 0 unspecified atom stereocenters. The fourth-order valence-corrected chi connectivity index (χ4v) is 2.21. The molecule has 0 bridgehead atoms. The Kier molecular flexibility index (Phi) is 5.18. The summed E-state index contributed by atoms with van der Waals surface area (Å²) in [5, 5.41) is 0. The molecule has 0 amide bonds. The molecule has 0 atom stereocenters. The summed E-state index contributed by atoms with van der Waals surface area (Å²) in [5.74, 6) is 0. The van der Waals surface area contributed by atoms with Crippen LogP contribution in [0.25, 0.3) is 0 Å². The second kappa shape index (κ2) is 7.10. The lowest BCUT2D eigenvalue weighted by Crippen LogP contribution is -1.91. The van der Waals surface area contributed by atoms with Crippen LogP contribution in [-0.2, 0) is 26.8 Å². The molecule has 0 spiro atoms. The monoisotopic (exact) mass is 292 g/mol. The average molecular weight is 292 g/mol. The average Bonchev–Trinajstić information content (AvgIpc) is 2.46. The number of nitrogens with two attached hydrogens (primary N) is 2. The summed E-state index contributed by atoms with van der Waals surface area (Å²) in [4.78, 5) is 0. The van der Waals surface area contributed by atoms with Crippen LogP contribution in [-0.4, -0.2) is 0 Å². The summed E-state index contributed by atoms with van der Waals surface area (Å²) in [5.41, 5.74) is 14.3. The van der Waals surface area contributed by atoms with Gasteiger partial charge in [0.15, 0.2) is 0 Å². The molecule has 0 radical (unpaired) electrons. The van der Waals surface area contributed by atoms with Crippen molar-refractivity contribution in [3.8, 4) is 0 Å². The third-order valence-electron chi connectivity index (χ3n) is 2.67. The van der Waals surface area contributed by atoms with E-state index in [0.29, 0.717) is 11.4 Å². The number of benzene rings is 2. The Balaban J connectivity index is 1.75. The lowest BCUT2D eigenvalue weighted by atomic mass is 10.2. The van der Waals surface area contributed by atoms with Crippen LogP contribution in [0.2, 0.25) is 0 Å². The van der Waals surface area contributed by atoms with Crippen molar-refractivity contribution in [1.82, 2.24) is 0 Å². The number of rotatable bonds is 6. The van der Waals surface area contributed by atoms with E-state index in [4.69, 9.17) is 20.5 Å². The molecule has 6 heteroatoms. The Morgan fingerprint density at radius 1 is 0.750 bits per heavy atom. The Bertz CT molecular complexity index is 518. The van der Waals surface area contributed by atoms with Crippen molar-refractivity contribution >= 4 is 19.6 Å². The van der Waals surface area contributed by atoms with E-state index < -0.39 is 8.25 Å². The smallest absolute Gasteiger partial charge is 0.319 e. The highest BCUT2D eigenvalue weighted by Crippen LogP contribution is 2.27. The molecule has 0 aliphatic heterocycles. The van der Waals surface area contributed by atoms with Crippen LogP contribution < -0.4 is 11.5 Å². The molecular formula is C14H17N2O3P. The minimum absolute atomic E-state index is 0.236. The molecule has 20 heavy (non-hydrogen) atoms. The zero-order chi connectivity index (χ0) is 14.4. The predicted molar refractivity (Wildman–Crippen MR) is 80.3 cm³/mol. The van der Waals surface area contributed by atoms with Gasteiger partial charge in [-0.1, -0.05) is 24.3 Å². The van der Waals surface area contributed by atoms with Gasteiger partial charge in [0.2, 0.25) is 0 Å². The minimum atomic E-state index is -2.52. The van der Waals surface area contributed by atoms with Crippen LogP contribution in [0.3, 0.4) is 0 Å². The van der Waals surface area contributed by atoms with Gasteiger partial charge in [-0.3, -0.25) is 4.57 Å². The molecule has 5 nitrogen and oxygen atoms in total. The van der Waals surface area contributed by atoms with E-state index in [1.54, 1.807) is 24.3 Å². The van der Waals surface area contributed by atoms with E-state index in [1.807, 2.05) is 24.3 Å². The molecule has 0 saturated carbocycles. The fraction of sp³-hybridized carbons (Fsp3) is 0.143. The lowest BCUT2D eigenvalue weighted by molar-refractivity contribution is 0.213. The van der Waals surface area contributed by atoms with Crippen LogP contribution in [0.4, 0.5) is 11.4 Å². The number of hydrogen-bond acceptors (Lipinski definition) is 5. The normalized spacial score (nSPS) is 10.8. The maximum atomic E-state index is 11.6. The Morgan fingerprint density at radius 2 is 1.10 bits per heavy atom. The van der Waals surface area contributed by atoms with Crippen molar-refractivity contribution in [3.63, 3.8) is 0 Å². The van der Waals surface area contributed by atoms with E-state index in [9.17, 15) is 4.57 Å². The fourth-order valence-electron chi connectivity index (χ4n) is 1.55. The molecule has 2 aromatic carbocycles. The van der Waals surface area contributed by atoms with Crippen molar-refractivity contribution in [2.24, 2.45) is 0 Å². The number of hydrogen-bond donors (Lipinski definition) is 2. The first kappa shape index (κ1) is 14.6. The number of anilines is 2. The molecule has 106 valence electrons. The van der Waals surface area contributed by atoms with Gasteiger partial charge in [0, 0.05) is 11.4 Å². The van der Waals surface area contributed by atoms with Gasteiger partial charge in [-0.25, -0.2) is 0 Å². The summed E-state index contributed by atoms with van der Waals surface area (Å²) in [7, 11) is -2.52. The molecule has 0 aliphatic carbocycles. The summed E-state index contributed by atoms with van der Waals surface area (Å²) >= 11 is 0. The van der Waals surface area contributed by atoms with E-state index in [1.165, 1.54) is 0 Å². The first-order valence-corrected chi connectivity index (χ1v) is 7.34. The first-order chi connectivity index (χ1) is 9.63. The predicted octanol–water partition coefficient (Wildman–Crippen LogP) is 2.97. The molecule has 0 aliphatic rings. The lowest BCUT2D eigenvalue weighted by Gasteiger charge is -2.06. The zero-order valence-corrected chi connectivity index (χ0v) is 11.9. The van der Waals surface area contributed by atoms with Gasteiger partial charge in [-0.05, 0) is 35.4 Å². The molecule has 0 aromatic heterocycles. The van der Waals surface area contributed by atoms with E-state index in [2.05, 4.69) is 0 Å². The molecule has 0 fully saturated rings. The summed E-state index contributed by atoms with van der Waals surface area (Å²) in [6.07, 6.45) is 0. The Hall–Kier alpha value is -1.81. The quantitative estimate of drug-likeness (QED) is 0.631. The molecule has 2 rings (SSSR count). The SMILES string of the molecule is Nc1ccc(CO[PH](=O)OCc2ccc(N)cc2)cc1. The van der Waals surface area contributed by atoms with E-state index in [-0.39, 0.29) is 13.2 Å². The minimum Gasteiger partial charge on any atom is -0.399 e. The van der Waals surface area contributed by atoms with Crippen molar-refractivity contribution in [2.75, 3.05) is 11.5 Å². The highest BCUT2D eigenvalue weighted by Gasteiger charge is 2.02. The van der Waals surface area contributed by atoms with Gasteiger partial charge in [-0.15, -0.1) is 0 Å². The van der Waals surface area contributed by atoms with Crippen LogP contribution >= 0.6 is 8.25 Å². The third-order valence-corrected chi connectivity index (χ3v) is 3.43. The molecular weight excluding hydrogens is 275 g/mol. The van der Waals surface area contributed by atoms with Crippen LogP contribution in [0.15, 0.2) is 48.5 Å².